The van der Waals surface area contributed by atoms with Crippen molar-refractivity contribution in [3.63, 3.8) is 0 Å². The number of carbonyl (C=O) groups is 1. The van der Waals surface area contributed by atoms with Crippen molar-refractivity contribution in [2.24, 2.45) is 0 Å². The Kier molecular flexibility index (Phi) is 7.79. The smallest absolute Gasteiger partial charge is 0.274 e. The maximum absolute atomic E-state index is 14.2. The van der Waals surface area contributed by atoms with Crippen molar-refractivity contribution in [1.82, 2.24) is 10.3 Å². The number of benzene rings is 2. The Morgan fingerprint density at radius 3 is 2.43 bits per heavy atom. The topological polar surface area (TPSA) is 89.9 Å². The van der Waals surface area contributed by atoms with Gasteiger partial charge in [0.1, 0.15) is 17.3 Å². The molecule has 1 aliphatic rings. The third-order valence-corrected chi connectivity index (χ3v) is 6.13. The first-order chi connectivity index (χ1) is 17.7. The number of alkyl halides is 2. The average molecular weight is 537 g/mol. The molecular weight excluding hydrogens is 513 g/mol. The van der Waals surface area contributed by atoms with Gasteiger partial charge in [-0.3, -0.25) is 4.79 Å². The van der Waals surface area contributed by atoms with Crippen LogP contribution in [0.25, 0.3) is 11.3 Å². The summed E-state index contributed by atoms with van der Waals surface area (Å²) in [4.78, 5) is 16.9. The molecule has 1 amide bonds. The average Bonchev–Trinajstić information content (AvgIpc) is 3.72. The van der Waals surface area contributed by atoms with Gasteiger partial charge in [0.2, 0.25) is 0 Å². The second kappa shape index (κ2) is 10.9. The third kappa shape index (κ3) is 5.75. The van der Waals surface area contributed by atoms with Crippen LogP contribution in [-0.2, 0) is 5.60 Å². The van der Waals surface area contributed by atoms with Crippen molar-refractivity contribution in [2.45, 2.75) is 31.0 Å². The molecule has 2 N–H and O–H groups in total. The van der Waals surface area contributed by atoms with Gasteiger partial charge >= 0.3 is 0 Å². The lowest BCUT2D eigenvalue weighted by Gasteiger charge is -2.28. The van der Waals surface area contributed by atoms with Crippen molar-refractivity contribution in [3.8, 4) is 28.5 Å². The largest absolute Gasteiger partial charge is 0.494 e. The van der Waals surface area contributed by atoms with Gasteiger partial charge in [-0.15, -0.1) is 0 Å². The zero-order chi connectivity index (χ0) is 26.7. The molecule has 7 nitrogen and oxygen atoms in total. The molecule has 1 saturated carbocycles. The van der Waals surface area contributed by atoms with Crippen LogP contribution in [0.5, 0.6) is 17.2 Å². The van der Waals surface area contributed by atoms with Gasteiger partial charge in [-0.05, 0) is 61.4 Å². The third-order valence-electron chi connectivity index (χ3n) is 5.84. The number of ether oxygens (including phenoxy) is 3. The number of halogens is 4. The Morgan fingerprint density at radius 1 is 1.11 bits per heavy atom. The second-order valence-electron chi connectivity index (χ2n) is 8.47. The lowest BCUT2D eigenvalue weighted by molar-refractivity contribution is -0.101. The van der Waals surface area contributed by atoms with E-state index in [0.29, 0.717) is 11.5 Å². The summed E-state index contributed by atoms with van der Waals surface area (Å²) in [5.41, 5.74) is -2.81. The first-order valence-electron chi connectivity index (χ1n) is 11.3. The molecule has 0 saturated heterocycles. The molecular formula is C26H24ClF3N2O5. The summed E-state index contributed by atoms with van der Waals surface area (Å²) >= 11 is 5.86. The highest BCUT2D eigenvalue weighted by molar-refractivity contribution is 6.31. The van der Waals surface area contributed by atoms with Gasteiger partial charge in [-0.25, -0.2) is 18.2 Å². The summed E-state index contributed by atoms with van der Waals surface area (Å²) in [6.45, 7) is -0.852. The number of methoxy groups -OCH3 is 2. The first kappa shape index (κ1) is 26.6. The van der Waals surface area contributed by atoms with Crippen molar-refractivity contribution in [2.75, 3.05) is 20.8 Å². The number of hydrogen-bond acceptors (Lipinski definition) is 6. The predicted octanol–water partition coefficient (Wildman–Crippen LogP) is 4.98. The molecule has 2 aromatic carbocycles. The zero-order valence-electron chi connectivity index (χ0n) is 19.9. The molecule has 1 aromatic heterocycles. The molecule has 1 atom stereocenters. The molecule has 1 fully saturated rings. The van der Waals surface area contributed by atoms with Crippen LogP contribution in [0.15, 0.2) is 48.5 Å². The number of aliphatic hydroxyl groups is 1. The maximum Gasteiger partial charge on any atom is 0.274 e. The second-order valence-corrected chi connectivity index (χ2v) is 8.87. The van der Waals surface area contributed by atoms with Gasteiger partial charge in [0, 0.05) is 11.1 Å². The minimum atomic E-state index is -3.32. The summed E-state index contributed by atoms with van der Waals surface area (Å²) in [5.74, 6) is -0.400. The molecule has 4 rings (SSSR count). The van der Waals surface area contributed by atoms with Crippen molar-refractivity contribution < 1.29 is 37.3 Å². The minimum absolute atomic E-state index is 0.0586. The fourth-order valence-corrected chi connectivity index (χ4v) is 3.75. The number of nitrogens with one attached hydrogen (secondary N) is 1. The normalized spacial score (nSPS) is 14.7. The Labute approximate surface area is 216 Å². The summed E-state index contributed by atoms with van der Waals surface area (Å²) < 4.78 is 58.2. The van der Waals surface area contributed by atoms with Gasteiger partial charge in [-0.2, -0.15) is 0 Å². The summed E-state index contributed by atoms with van der Waals surface area (Å²) in [6.07, 6.45) is -1.33. The van der Waals surface area contributed by atoms with E-state index >= 15 is 0 Å². The number of nitrogens with zero attached hydrogens (tertiary/aromatic N) is 1. The van der Waals surface area contributed by atoms with Gasteiger partial charge in [0.05, 0.1) is 37.6 Å². The fourth-order valence-electron chi connectivity index (χ4n) is 3.57. The van der Waals surface area contributed by atoms with Crippen LogP contribution in [-0.4, -0.2) is 49.3 Å². The first-order valence-corrected chi connectivity index (χ1v) is 11.7. The van der Waals surface area contributed by atoms with E-state index < -0.39 is 36.0 Å². The summed E-state index contributed by atoms with van der Waals surface area (Å²) in [5, 5.41) is 13.1. The highest BCUT2D eigenvalue weighted by Crippen LogP contribution is 2.36. The molecule has 196 valence electrons. The Hall–Kier alpha value is -3.50. The van der Waals surface area contributed by atoms with Crippen LogP contribution in [0, 0.1) is 5.82 Å². The van der Waals surface area contributed by atoms with Crippen LogP contribution in [0.2, 0.25) is 5.02 Å². The van der Waals surface area contributed by atoms with Gasteiger partial charge in [0.15, 0.2) is 17.1 Å². The number of hydrogen-bond donors (Lipinski definition) is 2. The minimum Gasteiger partial charge on any atom is -0.494 e. The van der Waals surface area contributed by atoms with Crippen LogP contribution >= 0.6 is 11.6 Å². The molecule has 1 unspecified atom stereocenters. The fraction of sp³-hybridized carbons (Fsp3) is 0.308. The number of rotatable bonds is 10. The van der Waals surface area contributed by atoms with E-state index in [4.69, 9.17) is 25.8 Å². The van der Waals surface area contributed by atoms with E-state index in [1.165, 1.54) is 50.6 Å². The Balaban J connectivity index is 1.59. The molecule has 1 aliphatic carbocycles. The molecule has 0 aliphatic heterocycles. The number of amides is 1. The van der Waals surface area contributed by atoms with Crippen molar-refractivity contribution in [3.05, 3.63) is 70.6 Å². The van der Waals surface area contributed by atoms with Crippen LogP contribution < -0.4 is 19.5 Å². The van der Waals surface area contributed by atoms with Crippen molar-refractivity contribution in [1.29, 1.82) is 0 Å². The van der Waals surface area contributed by atoms with Crippen LogP contribution in [0.1, 0.15) is 28.9 Å². The number of carbonyl (C=O) groups excluding carboxylic acids is 1. The SMILES string of the molecule is COc1cc(C(=O)NCC(O)(c2ccc(OC)c(-c3ccc(F)c(Cl)c3)n2)C(F)F)ccc1OC1CC1. The molecule has 0 spiro atoms. The van der Waals surface area contributed by atoms with E-state index in [0.717, 1.165) is 18.9 Å². The predicted molar refractivity (Wildman–Crippen MR) is 130 cm³/mol. The van der Waals surface area contributed by atoms with E-state index in [9.17, 15) is 23.1 Å². The zero-order valence-corrected chi connectivity index (χ0v) is 20.7. The molecule has 11 heteroatoms. The standard InChI is InChI=1S/C26H24ClF3N2O5/c1-35-20-9-10-22(32-23(20)14-3-7-18(28)17(27)11-14)26(34,25(29)30)13-31-24(33)15-4-8-19(21(12-15)36-2)37-16-5-6-16/h3-4,7-12,16,25,34H,5-6,13H2,1-2H3,(H,31,33). The summed E-state index contributed by atoms with van der Waals surface area (Å²) in [6, 6.07) is 10.7. The van der Waals surface area contributed by atoms with E-state index in [1.807, 2.05) is 0 Å². The number of aromatic nitrogens is 1. The summed E-state index contributed by atoms with van der Waals surface area (Å²) in [7, 11) is 2.77. The molecule has 1 heterocycles. The molecule has 3 aromatic rings. The molecule has 37 heavy (non-hydrogen) atoms. The van der Waals surface area contributed by atoms with E-state index in [2.05, 4.69) is 10.3 Å². The quantitative estimate of drug-likeness (QED) is 0.380. The number of pyridine rings is 1. The van der Waals surface area contributed by atoms with E-state index in [1.54, 1.807) is 6.07 Å². The van der Waals surface area contributed by atoms with E-state index in [-0.39, 0.29) is 33.7 Å². The maximum atomic E-state index is 14.2. The van der Waals surface area contributed by atoms with Crippen LogP contribution in [0.4, 0.5) is 13.2 Å². The van der Waals surface area contributed by atoms with Gasteiger partial charge in [-0.1, -0.05) is 11.6 Å². The van der Waals surface area contributed by atoms with Gasteiger partial charge < -0.3 is 24.6 Å². The lowest BCUT2D eigenvalue weighted by atomic mass is 9.97. The van der Waals surface area contributed by atoms with Crippen LogP contribution in [0.3, 0.4) is 0 Å². The molecule has 0 radical (unpaired) electrons. The highest BCUT2D eigenvalue weighted by atomic mass is 35.5. The van der Waals surface area contributed by atoms with Gasteiger partial charge in [0.25, 0.3) is 12.3 Å². The highest BCUT2D eigenvalue weighted by Gasteiger charge is 2.42. The Bertz CT molecular complexity index is 1310. The van der Waals surface area contributed by atoms with Crippen molar-refractivity contribution >= 4 is 17.5 Å². The monoisotopic (exact) mass is 536 g/mol. The Morgan fingerprint density at radius 2 is 1.81 bits per heavy atom. The molecule has 0 bridgehead atoms. The lowest BCUT2D eigenvalue weighted by Crippen LogP contribution is -2.46.